The summed E-state index contributed by atoms with van der Waals surface area (Å²) in [5, 5.41) is 0. The Labute approximate surface area is 105 Å². The molecule has 0 spiro atoms. The van der Waals surface area contributed by atoms with Crippen LogP contribution < -0.4 is 0 Å². The van der Waals surface area contributed by atoms with Crippen LogP contribution in [0, 0.1) is 5.92 Å². The summed E-state index contributed by atoms with van der Waals surface area (Å²) in [4.78, 5) is 11.4. The van der Waals surface area contributed by atoms with Crippen molar-refractivity contribution in [3.63, 3.8) is 0 Å². The van der Waals surface area contributed by atoms with Crippen molar-refractivity contribution >= 4 is 25.7 Å². The fourth-order valence-corrected chi connectivity index (χ4v) is 2.54. The molecule has 0 saturated carbocycles. The van der Waals surface area contributed by atoms with E-state index >= 15 is 0 Å². The fourth-order valence-electron chi connectivity index (χ4n) is 1.24. The van der Waals surface area contributed by atoms with Crippen LogP contribution in [-0.2, 0) is 25.2 Å². The Bertz CT molecular complexity index is 470. The summed E-state index contributed by atoms with van der Waals surface area (Å²) in [6, 6.07) is 9.14. The van der Waals surface area contributed by atoms with Gasteiger partial charge < -0.3 is 4.74 Å². The molecular formula is C11H13ClO4S. The molecule has 6 heteroatoms. The Morgan fingerprint density at radius 1 is 1.35 bits per heavy atom. The van der Waals surface area contributed by atoms with Gasteiger partial charge in [-0.25, -0.2) is 8.42 Å². The van der Waals surface area contributed by atoms with Crippen LogP contribution in [0.2, 0.25) is 0 Å². The highest BCUT2D eigenvalue weighted by Gasteiger charge is 2.21. The highest BCUT2D eigenvalue weighted by molar-refractivity contribution is 8.13. The van der Waals surface area contributed by atoms with Crippen molar-refractivity contribution in [2.45, 2.75) is 13.5 Å². The lowest BCUT2D eigenvalue weighted by Gasteiger charge is -2.09. The molecule has 1 aromatic rings. The predicted molar refractivity (Wildman–Crippen MR) is 65.0 cm³/mol. The van der Waals surface area contributed by atoms with Crippen LogP contribution in [-0.4, -0.2) is 20.1 Å². The molecule has 0 radical (unpaired) electrons. The van der Waals surface area contributed by atoms with Crippen molar-refractivity contribution < 1.29 is 17.9 Å². The van der Waals surface area contributed by atoms with Crippen LogP contribution >= 0.6 is 10.7 Å². The van der Waals surface area contributed by atoms with E-state index in [1.807, 2.05) is 30.3 Å². The second kappa shape index (κ2) is 6.02. The number of carbonyl (C=O) groups is 1. The minimum absolute atomic E-state index is 0.131. The third kappa shape index (κ3) is 5.70. The molecular weight excluding hydrogens is 264 g/mol. The van der Waals surface area contributed by atoms with E-state index in [4.69, 9.17) is 15.4 Å². The van der Waals surface area contributed by atoms with Crippen LogP contribution in [0.4, 0.5) is 0 Å². The third-order valence-electron chi connectivity index (χ3n) is 2.08. The molecule has 0 aliphatic carbocycles. The van der Waals surface area contributed by atoms with E-state index in [2.05, 4.69) is 0 Å². The Morgan fingerprint density at radius 2 is 1.94 bits per heavy atom. The number of carbonyl (C=O) groups excluding carboxylic acids is 1. The van der Waals surface area contributed by atoms with Crippen LogP contribution in [0.15, 0.2) is 30.3 Å². The maximum Gasteiger partial charge on any atom is 0.310 e. The van der Waals surface area contributed by atoms with Crippen LogP contribution in [0.3, 0.4) is 0 Å². The number of hydrogen-bond donors (Lipinski definition) is 0. The van der Waals surface area contributed by atoms with Gasteiger partial charge in [0, 0.05) is 10.7 Å². The first kappa shape index (κ1) is 14.0. The highest BCUT2D eigenvalue weighted by Crippen LogP contribution is 2.09. The van der Waals surface area contributed by atoms with E-state index in [0.717, 1.165) is 5.56 Å². The molecule has 0 N–H and O–H groups in total. The maximum atomic E-state index is 11.4. The highest BCUT2D eigenvalue weighted by atomic mass is 35.7. The molecule has 0 saturated heterocycles. The van der Waals surface area contributed by atoms with Gasteiger partial charge in [0.25, 0.3) is 0 Å². The molecule has 1 rings (SSSR count). The predicted octanol–water partition coefficient (Wildman–Crippen LogP) is 1.93. The molecule has 0 aromatic heterocycles. The third-order valence-corrected chi connectivity index (χ3v) is 3.35. The SMILES string of the molecule is CC(CS(=O)(=O)Cl)C(=O)OCc1ccccc1. The number of hydrogen-bond acceptors (Lipinski definition) is 4. The van der Waals surface area contributed by atoms with E-state index < -0.39 is 26.7 Å². The lowest BCUT2D eigenvalue weighted by molar-refractivity contribution is -0.148. The molecule has 0 fully saturated rings. The van der Waals surface area contributed by atoms with Crippen molar-refractivity contribution in [2.24, 2.45) is 5.92 Å². The molecule has 0 amide bonds. The topological polar surface area (TPSA) is 60.4 Å². The van der Waals surface area contributed by atoms with E-state index in [1.165, 1.54) is 6.92 Å². The van der Waals surface area contributed by atoms with Gasteiger partial charge in [0.2, 0.25) is 9.05 Å². The van der Waals surface area contributed by atoms with Gasteiger partial charge in [-0.05, 0) is 5.56 Å². The van der Waals surface area contributed by atoms with Crippen molar-refractivity contribution in [3.8, 4) is 0 Å². The average molecular weight is 277 g/mol. The number of benzene rings is 1. The molecule has 0 heterocycles. The minimum Gasteiger partial charge on any atom is -0.461 e. The fraction of sp³-hybridized carbons (Fsp3) is 0.364. The molecule has 0 aliphatic rings. The first-order chi connectivity index (χ1) is 7.88. The molecule has 17 heavy (non-hydrogen) atoms. The zero-order valence-corrected chi connectivity index (χ0v) is 10.9. The summed E-state index contributed by atoms with van der Waals surface area (Å²) in [5.74, 6) is -1.75. The molecule has 0 aliphatic heterocycles. The summed E-state index contributed by atoms with van der Waals surface area (Å²) in [7, 11) is 1.37. The monoisotopic (exact) mass is 276 g/mol. The molecule has 1 atom stereocenters. The average Bonchev–Trinajstić information content (AvgIpc) is 2.25. The molecule has 1 aromatic carbocycles. The van der Waals surface area contributed by atoms with Crippen LogP contribution in [0.25, 0.3) is 0 Å². The quantitative estimate of drug-likeness (QED) is 0.609. The maximum absolute atomic E-state index is 11.4. The van der Waals surface area contributed by atoms with Crippen LogP contribution in [0.1, 0.15) is 12.5 Å². The van der Waals surface area contributed by atoms with Crippen molar-refractivity contribution in [2.75, 3.05) is 5.75 Å². The lowest BCUT2D eigenvalue weighted by atomic mass is 10.2. The first-order valence-corrected chi connectivity index (χ1v) is 7.49. The normalized spacial score (nSPS) is 13.1. The van der Waals surface area contributed by atoms with Crippen molar-refractivity contribution in [1.82, 2.24) is 0 Å². The van der Waals surface area contributed by atoms with Crippen LogP contribution in [0.5, 0.6) is 0 Å². The minimum atomic E-state index is -3.68. The smallest absolute Gasteiger partial charge is 0.310 e. The lowest BCUT2D eigenvalue weighted by Crippen LogP contribution is -2.21. The molecule has 94 valence electrons. The van der Waals surface area contributed by atoms with Crippen molar-refractivity contribution in [3.05, 3.63) is 35.9 Å². The van der Waals surface area contributed by atoms with Gasteiger partial charge in [0.1, 0.15) is 6.61 Å². The molecule has 0 bridgehead atoms. The summed E-state index contributed by atoms with van der Waals surface area (Å²) in [6.07, 6.45) is 0. The van der Waals surface area contributed by atoms with Gasteiger partial charge in [-0.2, -0.15) is 0 Å². The zero-order chi connectivity index (χ0) is 12.9. The number of rotatable bonds is 5. The first-order valence-electron chi connectivity index (χ1n) is 5.01. The van der Waals surface area contributed by atoms with Crippen molar-refractivity contribution in [1.29, 1.82) is 0 Å². The Kier molecular flexibility index (Phi) is 4.96. The number of ether oxygens (including phenoxy) is 1. The van der Waals surface area contributed by atoms with E-state index in [9.17, 15) is 13.2 Å². The summed E-state index contributed by atoms with van der Waals surface area (Å²) in [5.41, 5.74) is 0.849. The van der Waals surface area contributed by atoms with Gasteiger partial charge in [-0.3, -0.25) is 4.79 Å². The van der Waals surface area contributed by atoms with E-state index in [-0.39, 0.29) is 6.61 Å². The number of halogens is 1. The molecule has 1 unspecified atom stereocenters. The zero-order valence-electron chi connectivity index (χ0n) is 9.30. The van der Waals surface area contributed by atoms with Gasteiger partial charge in [-0.1, -0.05) is 37.3 Å². The van der Waals surface area contributed by atoms with Gasteiger partial charge in [0.05, 0.1) is 11.7 Å². The van der Waals surface area contributed by atoms with Gasteiger partial charge >= 0.3 is 5.97 Å². The van der Waals surface area contributed by atoms with E-state index in [1.54, 1.807) is 0 Å². The summed E-state index contributed by atoms with van der Waals surface area (Å²) < 4.78 is 26.5. The second-order valence-corrected chi connectivity index (χ2v) is 6.52. The summed E-state index contributed by atoms with van der Waals surface area (Å²) in [6.45, 7) is 1.60. The standard InChI is InChI=1S/C11H13ClO4S/c1-9(8-17(12,14)15)11(13)16-7-10-5-3-2-4-6-10/h2-6,9H,7-8H2,1H3. The Morgan fingerprint density at radius 3 is 2.47 bits per heavy atom. The largest absolute Gasteiger partial charge is 0.461 e. The summed E-state index contributed by atoms with van der Waals surface area (Å²) >= 11 is 0. The second-order valence-electron chi connectivity index (χ2n) is 3.70. The molecule has 4 nitrogen and oxygen atoms in total. The van der Waals surface area contributed by atoms with Gasteiger partial charge in [0.15, 0.2) is 0 Å². The Balaban J connectivity index is 2.45. The number of esters is 1. The van der Waals surface area contributed by atoms with Gasteiger partial charge in [-0.15, -0.1) is 0 Å². The Hall–Kier alpha value is -1.07. The van der Waals surface area contributed by atoms with E-state index in [0.29, 0.717) is 0 Å².